The van der Waals surface area contributed by atoms with E-state index < -0.39 is 15.7 Å². The minimum Gasteiger partial charge on any atom is -0.354 e. The van der Waals surface area contributed by atoms with Crippen LogP contribution in [0.4, 0.5) is 0 Å². The van der Waals surface area contributed by atoms with E-state index in [1.54, 1.807) is 6.07 Å². The van der Waals surface area contributed by atoms with Gasteiger partial charge in [-0.1, -0.05) is 0 Å². The zero-order chi connectivity index (χ0) is 12.3. The Morgan fingerprint density at radius 2 is 2.12 bits per heavy atom. The van der Waals surface area contributed by atoms with Crippen LogP contribution >= 0.6 is 0 Å². The second kappa shape index (κ2) is 4.28. The Labute approximate surface area is 92.8 Å². The lowest BCUT2D eigenvalue weighted by Gasteiger charge is -2.03. The quantitative estimate of drug-likeness (QED) is 0.764. The maximum atomic E-state index is 11.3. The van der Waals surface area contributed by atoms with E-state index in [2.05, 4.69) is 10.3 Å². The fourth-order valence-electron chi connectivity index (χ4n) is 1.06. The third-order valence-corrected chi connectivity index (χ3v) is 2.81. The van der Waals surface area contributed by atoms with Gasteiger partial charge < -0.3 is 5.32 Å². The molecule has 0 spiro atoms. The summed E-state index contributed by atoms with van der Waals surface area (Å²) >= 11 is 0. The molecule has 0 aromatic carbocycles. The van der Waals surface area contributed by atoms with Crippen LogP contribution in [0.2, 0.25) is 0 Å². The first-order valence-corrected chi connectivity index (χ1v) is 6.12. The van der Waals surface area contributed by atoms with Crippen molar-refractivity contribution in [1.82, 2.24) is 10.3 Å². The topological polar surface area (TPSA) is 99.9 Å². The zero-order valence-electron chi connectivity index (χ0n) is 8.68. The van der Waals surface area contributed by atoms with Crippen LogP contribution in [-0.4, -0.2) is 32.6 Å². The van der Waals surface area contributed by atoms with Gasteiger partial charge >= 0.3 is 0 Å². The molecule has 0 bridgehead atoms. The number of rotatable bonds is 2. The molecule has 0 fully saturated rings. The Kier molecular flexibility index (Phi) is 3.25. The Morgan fingerprint density at radius 3 is 2.56 bits per heavy atom. The lowest BCUT2D eigenvalue weighted by atomic mass is 10.2. The van der Waals surface area contributed by atoms with E-state index in [4.69, 9.17) is 5.26 Å². The van der Waals surface area contributed by atoms with Gasteiger partial charge in [-0.2, -0.15) is 5.26 Å². The monoisotopic (exact) mass is 239 g/mol. The van der Waals surface area contributed by atoms with Crippen LogP contribution in [0, 0.1) is 11.3 Å². The largest absolute Gasteiger partial charge is 0.354 e. The first-order valence-electron chi connectivity index (χ1n) is 4.23. The highest BCUT2D eigenvalue weighted by molar-refractivity contribution is 7.90. The molecule has 16 heavy (non-hydrogen) atoms. The van der Waals surface area contributed by atoms with Crippen LogP contribution in [0.5, 0.6) is 0 Å². The molecule has 0 radical (unpaired) electrons. The van der Waals surface area contributed by atoms with Gasteiger partial charge in [-0.3, -0.25) is 4.79 Å². The molecule has 0 atom stereocenters. The minimum absolute atomic E-state index is 0.0399. The number of nitriles is 1. The van der Waals surface area contributed by atoms with Crippen molar-refractivity contribution in [3.05, 3.63) is 23.4 Å². The van der Waals surface area contributed by atoms with Crippen molar-refractivity contribution < 1.29 is 13.2 Å². The van der Waals surface area contributed by atoms with Gasteiger partial charge in [0, 0.05) is 13.3 Å². The molecule has 84 valence electrons. The highest BCUT2D eigenvalue weighted by Crippen LogP contribution is 2.12. The number of nitrogens with one attached hydrogen (secondary N) is 1. The second-order valence-electron chi connectivity index (χ2n) is 3.01. The number of sulfone groups is 1. The van der Waals surface area contributed by atoms with Crippen LogP contribution in [-0.2, 0) is 9.84 Å². The van der Waals surface area contributed by atoms with E-state index in [1.165, 1.54) is 19.2 Å². The number of hydrogen-bond donors (Lipinski definition) is 1. The van der Waals surface area contributed by atoms with Gasteiger partial charge in [0.1, 0.15) is 11.8 Å². The summed E-state index contributed by atoms with van der Waals surface area (Å²) < 4.78 is 22.7. The third kappa shape index (κ3) is 2.35. The third-order valence-electron chi connectivity index (χ3n) is 1.79. The molecule has 0 aliphatic heterocycles. The molecule has 0 aliphatic carbocycles. The van der Waals surface area contributed by atoms with E-state index >= 15 is 0 Å². The number of amides is 1. The van der Waals surface area contributed by atoms with E-state index in [9.17, 15) is 13.2 Å². The van der Waals surface area contributed by atoms with Crippen molar-refractivity contribution in [1.29, 1.82) is 5.26 Å². The van der Waals surface area contributed by atoms with Crippen molar-refractivity contribution in [2.75, 3.05) is 13.3 Å². The van der Waals surface area contributed by atoms with Crippen molar-refractivity contribution in [3.63, 3.8) is 0 Å². The number of hydrogen-bond acceptors (Lipinski definition) is 5. The van der Waals surface area contributed by atoms with Gasteiger partial charge in [-0.15, -0.1) is 0 Å². The number of pyridine rings is 1. The summed E-state index contributed by atoms with van der Waals surface area (Å²) in [6, 6.07) is 4.27. The molecule has 0 unspecified atom stereocenters. The SMILES string of the molecule is CNC(=O)c1ccc(C#N)c(S(C)(=O)=O)n1. The minimum atomic E-state index is -3.62. The average molecular weight is 239 g/mol. The van der Waals surface area contributed by atoms with Crippen molar-refractivity contribution >= 4 is 15.7 Å². The first kappa shape index (κ1) is 12.1. The molecule has 7 heteroatoms. The Bertz CT molecular complexity index is 572. The van der Waals surface area contributed by atoms with Crippen LogP contribution in [0.15, 0.2) is 17.2 Å². The van der Waals surface area contributed by atoms with Gasteiger partial charge in [0.25, 0.3) is 5.91 Å². The fourth-order valence-corrected chi connectivity index (χ4v) is 1.84. The van der Waals surface area contributed by atoms with Crippen molar-refractivity contribution in [3.8, 4) is 6.07 Å². The van der Waals surface area contributed by atoms with Gasteiger partial charge in [-0.25, -0.2) is 13.4 Å². The van der Waals surface area contributed by atoms with E-state index in [1.807, 2.05) is 0 Å². The maximum absolute atomic E-state index is 11.3. The normalized spacial score (nSPS) is 10.6. The van der Waals surface area contributed by atoms with E-state index in [0.717, 1.165) is 6.26 Å². The molecule has 1 heterocycles. The number of carbonyl (C=O) groups excluding carboxylic acids is 1. The zero-order valence-corrected chi connectivity index (χ0v) is 9.50. The predicted molar refractivity (Wildman–Crippen MR) is 55.5 cm³/mol. The molecule has 0 saturated heterocycles. The smallest absolute Gasteiger partial charge is 0.269 e. The molecule has 6 nitrogen and oxygen atoms in total. The molecular weight excluding hydrogens is 230 g/mol. The predicted octanol–water partition coefficient (Wildman–Crippen LogP) is -0.284. The van der Waals surface area contributed by atoms with E-state index in [0.29, 0.717) is 0 Å². The lowest BCUT2D eigenvalue weighted by molar-refractivity contribution is 0.0957. The van der Waals surface area contributed by atoms with Crippen molar-refractivity contribution in [2.24, 2.45) is 0 Å². The molecule has 1 rings (SSSR count). The van der Waals surface area contributed by atoms with Crippen LogP contribution < -0.4 is 5.32 Å². The summed E-state index contributed by atoms with van der Waals surface area (Å²) in [6.45, 7) is 0. The van der Waals surface area contributed by atoms with E-state index in [-0.39, 0.29) is 16.3 Å². The summed E-state index contributed by atoms with van der Waals surface area (Å²) in [4.78, 5) is 14.9. The lowest BCUT2D eigenvalue weighted by Crippen LogP contribution is -2.20. The summed E-state index contributed by atoms with van der Waals surface area (Å²) in [5, 5.41) is 10.7. The molecule has 0 aliphatic rings. The summed E-state index contributed by atoms with van der Waals surface area (Å²) in [7, 11) is -2.22. The van der Waals surface area contributed by atoms with Gasteiger partial charge in [-0.05, 0) is 12.1 Å². The molecule has 0 saturated carbocycles. The Morgan fingerprint density at radius 1 is 1.50 bits per heavy atom. The highest BCUT2D eigenvalue weighted by atomic mass is 32.2. The number of carbonyl (C=O) groups is 1. The standard InChI is InChI=1S/C9H9N3O3S/c1-11-8(13)7-4-3-6(5-10)9(12-7)16(2,14)15/h3-4H,1-2H3,(H,11,13). The molecule has 1 aromatic heterocycles. The molecule has 1 aromatic rings. The van der Waals surface area contributed by atoms with Gasteiger partial charge in [0.2, 0.25) is 0 Å². The highest BCUT2D eigenvalue weighted by Gasteiger charge is 2.17. The molecular formula is C9H9N3O3S. The Balaban J connectivity index is 3.47. The van der Waals surface area contributed by atoms with Gasteiger partial charge in [0.05, 0.1) is 5.56 Å². The van der Waals surface area contributed by atoms with Crippen LogP contribution in [0.1, 0.15) is 16.1 Å². The molecule has 1 N–H and O–H groups in total. The number of nitrogens with zero attached hydrogens (tertiary/aromatic N) is 2. The average Bonchev–Trinajstić information content (AvgIpc) is 2.26. The van der Waals surface area contributed by atoms with Crippen LogP contribution in [0.25, 0.3) is 0 Å². The summed E-state index contributed by atoms with van der Waals surface area (Å²) in [5.41, 5.74) is -0.114. The summed E-state index contributed by atoms with van der Waals surface area (Å²) in [5.74, 6) is -0.505. The maximum Gasteiger partial charge on any atom is 0.269 e. The fraction of sp³-hybridized carbons (Fsp3) is 0.222. The van der Waals surface area contributed by atoms with Crippen molar-refractivity contribution in [2.45, 2.75) is 5.03 Å². The Hall–Kier alpha value is -1.94. The second-order valence-corrected chi connectivity index (χ2v) is 4.94. The summed E-state index contributed by atoms with van der Waals surface area (Å²) in [6.07, 6.45) is 0.934. The van der Waals surface area contributed by atoms with Gasteiger partial charge in [0.15, 0.2) is 14.9 Å². The van der Waals surface area contributed by atoms with Crippen LogP contribution in [0.3, 0.4) is 0 Å². The first-order chi connectivity index (χ1) is 7.40. The number of aromatic nitrogens is 1. The molecule has 1 amide bonds.